The van der Waals surface area contributed by atoms with Gasteiger partial charge in [0.2, 0.25) is 5.91 Å². The van der Waals surface area contributed by atoms with Crippen LogP contribution in [-0.4, -0.2) is 28.9 Å². The Bertz CT molecular complexity index is 233. The fourth-order valence-corrected chi connectivity index (χ4v) is 2.42. The Morgan fingerprint density at radius 2 is 2.06 bits per heavy atom. The molecule has 0 aliphatic carbocycles. The second-order valence-corrected chi connectivity index (χ2v) is 5.66. The van der Waals surface area contributed by atoms with Gasteiger partial charge in [0.05, 0.1) is 0 Å². The quantitative estimate of drug-likeness (QED) is 0.802. The van der Waals surface area contributed by atoms with Crippen molar-refractivity contribution in [3.8, 4) is 0 Å². The summed E-state index contributed by atoms with van der Waals surface area (Å²) in [6, 6.07) is 0.442. The van der Waals surface area contributed by atoms with Crippen LogP contribution in [0.15, 0.2) is 0 Å². The number of nitrogens with two attached hydrogens (primary N) is 1. The molecule has 1 aliphatic heterocycles. The van der Waals surface area contributed by atoms with Crippen molar-refractivity contribution < 1.29 is 4.79 Å². The van der Waals surface area contributed by atoms with Gasteiger partial charge < -0.3 is 10.6 Å². The van der Waals surface area contributed by atoms with Crippen molar-refractivity contribution in [3.63, 3.8) is 0 Å². The number of rotatable bonds is 3. The molecular weight excluding hydrogens is 200 g/mol. The molecule has 16 heavy (non-hydrogen) atoms. The highest BCUT2D eigenvalue weighted by atomic mass is 16.2. The summed E-state index contributed by atoms with van der Waals surface area (Å²) in [6.07, 6.45) is 6.35. The van der Waals surface area contributed by atoms with Crippen LogP contribution in [0.1, 0.15) is 59.3 Å². The number of hydrogen-bond acceptors (Lipinski definition) is 2. The minimum Gasteiger partial charge on any atom is -0.340 e. The maximum absolute atomic E-state index is 12.2. The van der Waals surface area contributed by atoms with Gasteiger partial charge in [0.25, 0.3) is 0 Å². The van der Waals surface area contributed by atoms with Gasteiger partial charge in [-0.2, -0.15) is 0 Å². The smallest absolute Gasteiger partial charge is 0.224 e. The molecule has 1 saturated heterocycles. The number of nitrogens with zero attached hydrogens (tertiary/aromatic N) is 1. The van der Waals surface area contributed by atoms with E-state index in [-0.39, 0.29) is 11.4 Å². The van der Waals surface area contributed by atoms with Gasteiger partial charge in [0.1, 0.15) is 0 Å². The van der Waals surface area contributed by atoms with Crippen molar-refractivity contribution >= 4 is 5.91 Å². The van der Waals surface area contributed by atoms with E-state index in [2.05, 4.69) is 11.8 Å². The second-order valence-electron chi connectivity index (χ2n) is 5.66. The average molecular weight is 226 g/mol. The van der Waals surface area contributed by atoms with E-state index >= 15 is 0 Å². The fourth-order valence-electron chi connectivity index (χ4n) is 2.42. The molecule has 2 N–H and O–H groups in total. The van der Waals surface area contributed by atoms with Gasteiger partial charge >= 0.3 is 0 Å². The summed E-state index contributed by atoms with van der Waals surface area (Å²) in [5, 5.41) is 0. The van der Waals surface area contributed by atoms with Gasteiger partial charge in [-0.1, -0.05) is 19.8 Å². The second kappa shape index (κ2) is 5.67. The Labute approximate surface area is 99.4 Å². The normalized spacial score (nSPS) is 23.0. The minimum atomic E-state index is -0.387. The van der Waals surface area contributed by atoms with Gasteiger partial charge in [-0.25, -0.2) is 0 Å². The first-order valence-electron chi connectivity index (χ1n) is 6.52. The van der Waals surface area contributed by atoms with Crippen LogP contribution < -0.4 is 5.73 Å². The van der Waals surface area contributed by atoms with Crippen molar-refractivity contribution in [2.75, 3.05) is 6.54 Å². The zero-order chi connectivity index (χ0) is 12.2. The predicted octanol–water partition coefficient (Wildman–Crippen LogP) is 2.29. The van der Waals surface area contributed by atoms with Crippen LogP contribution in [-0.2, 0) is 4.79 Å². The fraction of sp³-hybridized carbons (Fsp3) is 0.923. The van der Waals surface area contributed by atoms with E-state index in [4.69, 9.17) is 5.73 Å². The molecule has 94 valence electrons. The van der Waals surface area contributed by atoms with E-state index in [0.717, 1.165) is 25.8 Å². The lowest BCUT2D eigenvalue weighted by molar-refractivity contribution is -0.134. The summed E-state index contributed by atoms with van der Waals surface area (Å²) in [7, 11) is 0. The highest BCUT2D eigenvalue weighted by molar-refractivity contribution is 5.77. The number of amides is 1. The van der Waals surface area contributed by atoms with E-state index in [9.17, 15) is 4.79 Å². The van der Waals surface area contributed by atoms with E-state index in [1.165, 1.54) is 12.8 Å². The van der Waals surface area contributed by atoms with E-state index in [1.54, 1.807) is 0 Å². The summed E-state index contributed by atoms with van der Waals surface area (Å²) in [4.78, 5) is 14.3. The van der Waals surface area contributed by atoms with Crippen molar-refractivity contribution in [2.45, 2.75) is 70.9 Å². The molecule has 1 unspecified atom stereocenters. The third kappa shape index (κ3) is 4.12. The van der Waals surface area contributed by atoms with E-state index in [0.29, 0.717) is 12.5 Å². The van der Waals surface area contributed by atoms with Crippen LogP contribution >= 0.6 is 0 Å². The topological polar surface area (TPSA) is 46.3 Å². The number of likely N-dealkylation sites (tertiary alicyclic amines) is 1. The van der Waals surface area contributed by atoms with E-state index < -0.39 is 0 Å². The van der Waals surface area contributed by atoms with Crippen LogP contribution in [0.25, 0.3) is 0 Å². The van der Waals surface area contributed by atoms with Crippen molar-refractivity contribution in [1.82, 2.24) is 4.90 Å². The zero-order valence-corrected chi connectivity index (χ0v) is 11.0. The SMILES string of the molecule is CCC1CCCCCN1C(=O)CC(C)(C)N. The summed E-state index contributed by atoms with van der Waals surface area (Å²) < 4.78 is 0. The third-order valence-corrected chi connectivity index (χ3v) is 3.28. The van der Waals surface area contributed by atoms with Crippen LogP contribution in [0, 0.1) is 0 Å². The van der Waals surface area contributed by atoms with Crippen LogP contribution in [0.2, 0.25) is 0 Å². The van der Waals surface area contributed by atoms with Crippen molar-refractivity contribution in [3.05, 3.63) is 0 Å². The Morgan fingerprint density at radius 3 is 2.62 bits per heavy atom. The highest BCUT2D eigenvalue weighted by Gasteiger charge is 2.27. The monoisotopic (exact) mass is 226 g/mol. The van der Waals surface area contributed by atoms with E-state index in [1.807, 2.05) is 13.8 Å². The third-order valence-electron chi connectivity index (χ3n) is 3.28. The first kappa shape index (κ1) is 13.5. The molecule has 0 aromatic heterocycles. The maximum atomic E-state index is 12.2. The standard InChI is InChI=1S/C13H26N2O/c1-4-11-8-6-5-7-9-15(11)12(16)10-13(2,3)14/h11H,4-10,14H2,1-3H3. The Kier molecular flexibility index (Phi) is 4.78. The van der Waals surface area contributed by atoms with Gasteiger partial charge in [-0.05, 0) is 33.1 Å². The largest absolute Gasteiger partial charge is 0.340 e. The molecule has 0 aromatic carbocycles. The van der Waals surface area contributed by atoms with Crippen LogP contribution in [0.5, 0.6) is 0 Å². The molecule has 0 bridgehead atoms. The molecule has 1 amide bonds. The molecule has 0 aromatic rings. The molecule has 3 heteroatoms. The Morgan fingerprint density at radius 1 is 1.38 bits per heavy atom. The molecular formula is C13H26N2O. The number of hydrogen-bond donors (Lipinski definition) is 1. The first-order chi connectivity index (χ1) is 7.44. The Balaban J connectivity index is 2.63. The highest BCUT2D eigenvalue weighted by Crippen LogP contribution is 2.21. The molecule has 1 aliphatic rings. The number of carbonyl (C=O) groups excluding carboxylic acids is 1. The van der Waals surface area contributed by atoms with Gasteiger partial charge in [-0.15, -0.1) is 0 Å². The van der Waals surface area contributed by atoms with Gasteiger partial charge in [0, 0.05) is 24.5 Å². The molecule has 3 nitrogen and oxygen atoms in total. The lowest BCUT2D eigenvalue weighted by Gasteiger charge is -2.31. The summed E-state index contributed by atoms with van der Waals surface area (Å²) in [5.41, 5.74) is 5.53. The lowest BCUT2D eigenvalue weighted by Crippen LogP contribution is -2.45. The van der Waals surface area contributed by atoms with Crippen LogP contribution in [0.3, 0.4) is 0 Å². The van der Waals surface area contributed by atoms with Crippen molar-refractivity contribution in [2.24, 2.45) is 5.73 Å². The minimum absolute atomic E-state index is 0.237. The molecule has 0 saturated carbocycles. The molecule has 0 spiro atoms. The van der Waals surface area contributed by atoms with Gasteiger partial charge in [0.15, 0.2) is 0 Å². The summed E-state index contributed by atoms with van der Waals surface area (Å²) in [6.45, 7) is 6.94. The molecule has 0 radical (unpaired) electrons. The van der Waals surface area contributed by atoms with Crippen LogP contribution in [0.4, 0.5) is 0 Å². The average Bonchev–Trinajstić information content (AvgIpc) is 2.39. The summed E-state index contributed by atoms with van der Waals surface area (Å²) >= 11 is 0. The molecule has 1 heterocycles. The predicted molar refractivity (Wildman–Crippen MR) is 67.1 cm³/mol. The Hall–Kier alpha value is -0.570. The summed E-state index contributed by atoms with van der Waals surface area (Å²) in [5.74, 6) is 0.237. The molecule has 1 atom stereocenters. The first-order valence-corrected chi connectivity index (χ1v) is 6.52. The van der Waals surface area contributed by atoms with Gasteiger partial charge in [-0.3, -0.25) is 4.79 Å². The maximum Gasteiger partial charge on any atom is 0.224 e. The zero-order valence-electron chi connectivity index (χ0n) is 11.0. The molecule has 1 fully saturated rings. The number of carbonyl (C=O) groups is 1. The molecule has 1 rings (SSSR count). The van der Waals surface area contributed by atoms with Crippen molar-refractivity contribution in [1.29, 1.82) is 0 Å². The lowest BCUT2D eigenvalue weighted by atomic mass is 10.00.